The third-order valence-electron chi connectivity index (χ3n) is 8.08. The zero-order valence-corrected chi connectivity index (χ0v) is 26.9. The van der Waals surface area contributed by atoms with Gasteiger partial charge in [-0.25, -0.2) is 18.9 Å². The fourth-order valence-corrected chi connectivity index (χ4v) is 5.85. The lowest BCUT2D eigenvalue weighted by atomic mass is 9.96. The fraction of sp³-hybridized carbons (Fsp3) is 0.273. The Balaban J connectivity index is 1.44. The summed E-state index contributed by atoms with van der Waals surface area (Å²) in [6.45, 7) is 6.02. The highest BCUT2D eigenvalue weighted by atomic mass is 32.2. The zero-order chi connectivity index (χ0) is 32.5. The molecule has 11 nitrogen and oxygen atoms in total. The number of aromatic nitrogens is 2. The molecule has 0 unspecified atom stereocenters. The number of methoxy groups -OCH3 is 1. The summed E-state index contributed by atoms with van der Waals surface area (Å²) in [5.41, 5.74) is 12.8. The Morgan fingerprint density at radius 3 is 2.44 bits per heavy atom. The second-order valence-corrected chi connectivity index (χ2v) is 13.3. The first-order chi connectivity index (χ1) is 21.3. The molecule has 5 rings (SSSR count). The van der Waals surface area contributed by atoms with Gasteiger partial charge in [-0.1, -0.05) is 38.1 Å². The Morgan fingerprint density at radius 1 is 1.13 bits per heavy atom. The van der Waals surface area contributed by atoms with E-state index in [2.05, 4.69) is 22.1 Å². The second-order valence-electron chi connectivity index (χ2n) is 11.6. The molecule has 1 aromatic heterocycles. The lowest BCUT2D eigenvalue weighted by Crippen LogP contribution is -2.27. The van der Waals surface area contributed by atoms with Gasteiger partial charge in [0.1, 0.15) is 0 Å². The lowest BCUT2D eigenvalue weighted by molar-refractivity contribution is 0.102. The molecule has 12 heteroatoms. The molecule has 0 radical (unpaired) electrons. The summed E-state index contributed by atoms with van der Waals surface area (Å²) in [6, 6.07) is 18.6. The Labute approximate surface area is 263 Å². The molecule has 45 heavy (non-hydrogen) atoms. The van der Waals surface area contributed by atoms with Crippen molar-refractivity contribution >= 4 is 38.7 Å². The van der Waals surface area contributed by atoms with Gasteiger partial charge in [0.25, 0.3) is 5.91 Å². The molecule has 1 saturated carbocycles. The Hall–Kier alpha value is -4.81. The van der Waals surface area contributed by atoms with Crippen molar-refractivity contribution in [1.82, 2.24) is 9.78 Å². The number of hydrogen-bond donors (Lipinski definition) is 4. The standard InChI is InChI=1S/C33H39N7O4S/c1-6-29-25(19-36-40(29)24-10-8-7-9-11-24)26(34)20-39(35)30-16-22(13-12-21(30)2)32(41)37-27-17-23(33(3)14-15-33)18-28(31(27)44-4)38-45(5,42)43/h7-13,16-20,38H,6,14-15,34-35H2,1-5H3,(H,37,41)/b26-20-. The Bertz CT molecular complexity index is 1880. The minimum atomic E-state index is -3.60. The molecular formula is C33H39N7O4S. The number of nitrogens with one attached hydrogen (secondary N) is 2. The molecule has 1 aliphatic carbocycles. The van der Waals surface area contributed by atoms with Gasteiger partial charge in [0.2, 0.25) is 10.0 Å². The molecule has 4 aromatic rings. The fourth-order valence-electron chi connectivity index (χ4n) is 5.30. The minimum absolute atomic E-state index is 0.0989. The average Bonchev–Trinajstić information content (AvgIpc) is 3.60. The second kappa shape index (κ2) is 12.3. The van der Waals surface area contributed by atoms with E-state index in [-0.39, 0.29) is 16.9 Å². The van der Waals surface area contributed by atoms with Crippen LogP contribution in [0.3, 0.4) is 0 Å². The lowest BCUT2D eigenvalue weighted by Gasteiger charge is -2.21. The van der Waals surface area contributed by atoms with E-state index in [9.17, 15) is 13.2 Å². The highest BCUT2D eigenvalue weighted by Crippen LogP contribution is 2.50. The van der Waals surface area contributed by atoms with E-state index in [1.165, 1.54) is 12.1 Å². The topological polar surface area (TPSA) is 158 Å². The van der Waals surface area contributed by atoms with Gasteiger partial charge in [-0.15, -0.1) is 0 Å². The van der Waals surface area contributed by atoms with E-state index in [0.717, 1.165) is 47.2 Å². The van der Waals surface area contributed by atoms with Crippen LogP contribution in [0.1, 0.15) is 59.4 Å². The number of nitrogens with two attached hydrogens (primary N) is 2. The Kier molecular flexibility index (Phi) is 8.63. The van der Waals surface area contributed by atoms with E-state index < -0.39 is 15.9 Å². The van der Waals surface area contributed by atoms with Crippen molar-refractivity contribution in [3.8, 4) is 11.4 Å². The van der Waals surface area contributed by atoms with Gasteiger partial charge in [0.15, 0.2) is 5.75 Å². The molecule has 1 fully saturated rings. The Morgan fingerprint density at radius 2 is 1.82 bits per heavy atom. The highest BCUT2D eigenvalue weighted by molar-refractivity contribution is 7.92. The summed E-state index contributed by atoms with van der Waals surface area (Å²) in [5, 5.41) is 8.87. The number of aryl methyl sites for hydroxylation is 1. The first-order valence-corrected chi connectivity index (χ1v) is 16.5. The van der Waals surface area contributed by atoms with Crippen molar-refractivity contribution in [2.24, 2.45) is 11.6 Å². The third-order valence-corrected chi connectivity index (χ3v) is 8.67. The molecule has 3 aromatic carbocycles. The molecule has 0 spiro atoms. The summed E-state index contributed by atoms with van der Waals surface area (Å²) < 4.78 is 34.2. The number of hydrazine groups is 1. The van der Waals surface area contributed by atoms with Crippen LogP contribution in [0.2, 0.25) is 0 Å². The van der Waals surface area contributed by atoms with Gasteiger partial charge in [0.05, 0.1) is 53.7 Å². The number of sulfonamides is 1. The first-order valence-electron chi connectivity index (χ1n) is 14.6. The van der Waals surface area contributed by atoms with E-state index >= 15 is 0 Å². The molecular weight excluding hydrogens is 590 g/mol. The zero-order valence-electron chi connectivity index (χ0n) is 26.1. The average molecular weight is 630 g/mol. The largest absolute Gasteiger partial charge is 0.492 e. The quantitative estimate of drug-likeness (QED) is 0.132. The summed E-state index contributed by atoms with van der Waals surface area (Å²) >= 11 is 0. The molecule has 1 amide bonds. The summed E-state index contributed by atoms with van der Waals surface area (Å²) in [4.78, 5) is 13.6. The molecule has 1 heterocycles. The number of hydrogen-bond acceptors (Lipinski definition) is 8. The van der Waals surface area contributed by atoms with Crippen molar-refractivity contribution in [2.45, 2.75) is 45.4 Å². The molecule has 0 bridgehead atoms. The molecule has 0 atom stereocenters. The number of carbonyl (C=O) groups is 1. The minimum Gasteiger partial charge on any atom is -0.492 e. The van der Waals surface area contributed by atoms with Crippen LogP contribution in [-0.2, 0) is 21.9 Å². The van der Waals surface area contributed by atoms with Crippen molar-refractivity contribution < 1.29 is 17.9 Å². The molecule has 1 aliphatic rings. The van der Waals surface area contributed by atoms with Gasteiger partial charge in [-0.05, 0) is 79.1 Å². The van der Waals surface area contributed by atoms with Crippen molar-refractivity contribution in [3.63, 3.8) is 0 Å². The number of para-hydroxylation sites is 1. The van der Waals surface area contributed by atoms with Crippen LogP contribution in [0.15, 0.2) is 73.1 Å². The smallest absolute Gasteiger partial charge is 0.255 e. The third kappa shape index (κ3) is 6.81. The van der Waals surface area contributed by atoms with E-state index in [4.69, 9.17) is 16.3 Å². The maximum atomic E-state index is 13.6. The number of rotatable bonds is 11. The molecule has 236 valence electrons. The number of anilines is 3. The summed E-state index contributed by atoms with van der Waals surface area (Å²) in [7, 11) is -2.17. The van der Waals surface area contributed by atoms with Crippen molar-refractivity contribution in [3.05, 3.63) is 101 Å². The van der Waals surface area contributed by atoms with Gasteiger partial charge in [0, 0.05) is 17.3 Å². The normalized spacial score (nSPS) is 14.1. The molecule has 0 aliphatic heterocycles. The number of ether oxygens (including phenoxy) is 1. The van der Waals surface area contributed by atoms with E-state index in [0.29, 0.717) is 29.1 Å². The number of amides is 1. The van der Waals surface area contributed by atoms with Crippen LogP contribution in [0.25, 0.3) is 11.4 Å². The molecule has 0 saturated heterocycles. The summed E-state index contributed by atoms with van der Waals surface area (Å²) in [6.07, 6.45) is 7.02. The monoisotopic (exact) mass is 629 g/mol. The van der Waals surface area contributed by atoms with E-state index in [1.54, 1.807) is 36.7 Å². The highest BCUT2D eigenvalue weighted by Gasteiger charge is 2.40. The van der Waals surface area contributed by atoms with Crippen molar-refractivity contribution in [2.75, 3.05) is 28.4 Å². The van der Waals surface area contributed by atoms with Crippen LogP contribution >= 0.6 is 0 Å². The van der Waals surface area contributed by atoms with Gasteiger partial charge >= 0.3 is 0 Å². The molecule has 6 N–H and O–H groups in total. The van der Waals surface area contributed by atoms with Crippen LogP contribution in [0.4, 0.5) is 17.1 Å². The van der Waals surface area contributed by atoms with Crippen molar-refractivity contribution in [1.29, 1.82) is 0 Å². The van der Waals surface area contributed by atoms with Crippen LogP contribution in [-0.4, -0.2) is 37.5 Å². The summed E-state index contributed by atoms with van der Waals surface area (Å²) in [5.74, 6) is 6.30. The predicted molar refractivity (Wildman–Crippen MR) is 179 cm³/mol. The van der Waals surface area contributed by atoms with Gasteiger partial charge < -0.3 is 15.8 Å². The number of nitrogens with zero attached hydrogens (tertiary/aromatic N) is 3. The first kappa shape index (κ1) is 31.6. The van der Waals surface area contributed by atoms with Gasteiger partial charge in [-0.3, -0.25) is 14.5 Å². The van der Waals surface area contributed by atoms with Crippen LogP contribution < -0.4 is 31.4 Å². The van der Waals surface area contributed by atoms with E-state index in [1.807, 2.05) is 54.9 Å². The predicted octanol–water partition coefficient (Wildman–Crippen LogP) is 5.06. The maximum absolute atomic E-state index is 13.6. The number of benzene rings is 3. The maximum Gasteiger partial charge on any atom is 0.255 e. The van der Waals surface area contributed by atoms with Crippen LogP contribution in [0, 0.1) is 6.92 Å². The SMILES string of the molecule is CCc1c(/C(N)=C/N(N)c2cc(C(=O)Nc3cc(C4(C)CC4)cc(NS(C)(=O)=O)c3OC)ccc2C)cnn1-c1ccccc1. The number of carbonyl (C=O) groups excluding carboxylic acids is 1. The van der Waals surface area contributed by atoms with Crippen LogP contribution in [0.5, 0.6) is 5.75 Å². The van der Waals surface area contributed by atoms with Gasteiger partial charge in [-0.2, -0.15) is 5.10 Å².